The van der Waals surface area contributed by atoms with E-state index in [0.717, 1.165) is 0 Å². The Balaban J connectivity index is 0. The maximum atomic E-state index is 8.74. The predicted molar refractivity (Wildman–Crippen MR) is 10.4 cm³/mol. The molecule has 4 heavy (non-hydrogen) atoms. The van der Waals surface area contributed by atoms with Crippen LogP contribution in [0.15, 0.2) is 0 Å². The van der Waals surface area contributed by atoms with Crippen molar-refractivity contribution >= 4 is 4.76 Å². The van der Waals surface area contributed by atoms with Crippen LogP contribution in [-0.4, -0.2) is 10.2 Å². The number of hydrogen-bond acceptors (Lipinski definition) is 1. The van der Waals surface area contributed by atoms with Crippen LogP contribution in [0.3, 0.4) is 0 Å². The van der Waals surface area contributed by atoms with Crippen LogP contribution in [0.5, 0.6) is 0 Å². The molecule has 29 valence electrons. The van der Waals surface area contributed by atoms with Crippen LogP contribution < -0.4 is 0 Å². The van der Waals surface area contributed by atoms with Gasteiger partial charge in [0.2, 0.25) is 0 Å². The molecule has 0 aliphatic heterocycles. The summed E-state index contributed by atoms with van der Waals surface area (Å²) < 4.78 is 0.600. The van der Waals surface area contributed by atoms with Gasteiger partial charge in [0, 0.05) is 0 Å². The molecule has 0 saturated heterocycles. The molecule has 0 aliphatic carbocycles. The van der Waals surface area contributed by atoms with E-state index >= 15 is 0 Å². The van der Waals surface area contributed by atoms with Gasteiger partial charge in [0.1, 0.15) is 0 Å². The topological polar surface area (TPSA) is 48.6 Å². The number of carbonyl (C=O) groups is 1. The van der Waals surface area contributed by atoms with Crippen LogP contribution in [0.2, 0.25) is 0 Å². The van der Waals surface area contributed by atoms with Gasteiger partial charge in [-0.15, -0.1) is 0 Å². The Labute approximate surface area is 34.9 Å². The van der Waals surface area contributed by atoms with Crippen LogP contribution in [0.1, 0.15) is 0 Å². The van der Waals surface area contributed by atoms with Gasteiger partial charge in [0.15, 0.2) is 0 Å². The van der Waals surface area contributed by atoms with Crippen molar-refractivity contribution in [3.05, 3.63) is 0 Å². The fourth-order valence-corrected chi connectivity index (χ4v) is 0. The standard InChI is InChI=1S/CHO.H2O.Pd/c1-2;;/h1H;1H2;. The van der Waals surface area contributed by atoms with E-state index in [1.165, 1.54) is 0 Å². The van der Waals surface area contributed by atoms with Crippen LogP contribution in [0.25, 0.3) is 0 Å². The molecule has 2 N–H and O–H groups in total. The summed E-state index contributed by atoms with van der Waals surface area (Å²) in [6, 6.07) is 0. The minimum absolute atomic E-state index is 0. The van der Waals surface area contributed by atoms with Crippen molar-refractivity contribution < 1.29 is 29.5 Å². The molecule has 0 heterocycles. The molecule has 0 rings (SSSR count). The van der Waals surface area contributed by atoms with Gasteiger partial charge in [-0.3, -0.25) is 0 Å². The molecule has 0 aromatic heterocycles. The summed E-state index contributed by atoms with van der Waals surface area (Å²) in [6.07, 6.45) is 0. The van der Waals surface area contributed by atoms with Gasteiger partial charge in [-0.05, 0) is 0 Å². The Morgan fingerprint density at radius 2 is 1.75 bits per heavy atom. The first-order chi connectivity index (χ1) is 1.41. The molecular weight excluding hydrogens is 150 g/mol. The molecular formula is CH3O2Pd. The monoisotopic (exact) mass is 153 g/mol. The van der Waals surface area contributed by atoms with E-state index in [2.05, 4.69) is 19.2 Å². The van der Waals surface area contributed by atoms with Crippen molar-refractivity contribution in [1.29, 1.82) is 0 Å². The average molecular weight is 153 g/mol. The van der Waals surface area contributed by atoms with Gasteiger partial charge >= 0.3 is 28.8 Å². The summed E-state index contributed by atoms with van der Waals surface area (Å²) in [4.78, 5) is 8.74. The van der Waals surface area contributed by atoms with Crippen LogP contribution in [0, 0.1) is 0 Å². The first kappa shape index (κ1) is 8.85. The fraction of sp³-hybridized carbons (Fsp3) is 0. The average Bonchev–Trinajstić information content (AvgIpc) is 0.918. The van der Waals surface area contributed by atoms with E-state index in [1.807, 2.05) is 0 Å². The molecule has 0 spiro atoms. The Hall–Kier alpha value is 0.292. The predicted octanol–water partition coefficient (Wildman–Crippen LogP) is -1.10. The Morgan fingerprint density at radius 3 is 1.75 bits per heavy atom. The number of carbonyl (C=O) groups excluding carboxylic acids is 1. The molecule has 0 aromatic rings. The van der Waals surface area contributed by atoms with E-state index in [4.69, 9.17) is 4.79 Å². The summed E-state index contributed by atoms with van der Waals surface area (Å²) >= 11 is 2.26. The second kappa shape index (κ2) is 10.4. The first-order valence-corrected chi connectivity index (χ1v) is 1.32. The van der Waals surface area contributed by atoms with Crippen molar-refractivity contribution in [2.75, 3.05) is 0 Å². The summed E-state index contributed by atoms with van der Waals surface area (Å²) in [7, 11) is 0. The van der Waals surface area contributed by atoms with E-state index < -0.39 is 0 Å². The summed E-state index contributed by atoms with van der Waals surface area (Å²) in [5, 5.41) is 0. The van der Waals surface area contributed by atoms with E-state index in [-0.39, 0.29) is 5.48 Å². The molecule has 0 aromatic carbocycles. The quantitative estimate of drug-likeness (QED) is 0.322. The normalized spacial score (nSPS) is 3.50. The fourth-order valence-electron chi connectivity index (χ4n) is 0. The van der Waals surface area contributed by atoms with Gasteiger partial charge < -0.3 is 5.48 Å². The zero-order valence-corrected chi connectivity index (χ0v) is 3.36. The number of rotatable bonds is 0. The van der Waals surface area contributed by atoms with Gasteiger partial charge in [-0.2, -0.15) is 0 Å². The second-order valence-electron chi connectivity index (χ2n) is 0.0745. The molecule has 0 fully saturated rings. The van der Waals surface area contributed by atoms with Crippen molar-refractivity contribution in [3.8, 4) is 0 Å². The summed E-state index contributed by atoms with van der Waals surface area (Å²) in [5.41, 5.74) is 0. The zero-order valence-electron chi connectivity index (χ0n) is 1.80. The van der Waals surface area contributed by atoms with E-state index in [0.29, 0.717) is 4.76 Å². The van der Waals surface area contributed by atoms with E-state index in [1.54, 1.807) is 0 Å². The van der Waals surface area contributed by atoms with Crippen molar-refractivity contribution in [2.45, 2.75) is 0 Å². The Kier molecular flexibility index (Phi) is 22.9. The van der Waals surface area contributed by atoms with Gasteiger partial charge in [0.25, 0.3) is 0 Å². The SMILES string of the molecule is O.O=[CH][Pd]. The first-order valence-electron chi connectivity index (χ1n) is 0.418. The molecule has 3 heteroatoms. The van der Waals surface area contributed by atoms with Crippen LogP contribution in [0.4, 0.5) is 0 Å². The third-order valence-electron chi connectivity index (χ3n) is 0. The third kappa shape index (κ3) is 44.8. The van der Waals surface area contributed by atoms with Crippen molar-refractivity contribution in [2.24, 2.45) is 0 Å². The van der Waals surface area contributed by atoms with Crippen molar-refractivity contribution in [3.63, 3.8) is 0 Å². The molecule has 0 amide bonds. The molecule has 0 radical (unpaired) electrons. The third-order valence-corrected chi connectivity index (χ3v) is 0. The maximum absolute atomic E-state index is 8.74. The van der Waals surface area contributed by atoms with Gasteiger partial charge in [-0.1, -0.05) is 0 Å². The Bertz CT molecular complexity index is 13.5. The summed E-state index contributed by atoms with van der Waals surface area (Å²) in [5.74, 6) is 0. The Morgan fingerprint density at radius 1 is 1.75 bits per heavy atom. The number of hydrogen-bond donors (Lipinski definition) is 0. The molecule has 2 nitrogen and oxygen atoms in total. The van der Waals surface area contributed by atoms with E-state index in [9.17, 15) is 0 Å². The summed E-state index contributed by atoms with van der Waals surface area (Å²) in [6.45, 7) is 0. The zero-order chi connectivity index (χ0) is 2.71. The molecule has 0 atom stereocenters. The molecule has 0 bridgehead atoms. The molecule has 0 aliphatic rings. The molecule has 0 unspecified atom stereocenters. The van der Waals surface area contributed by atoms with Crippen LogP contribution in [-0.2, 0) is 24.0 Å². The second-order valence-corrected chi connectivity index (χ2v) is 0.441. The van der Waals surface area contributed by atoms with Gasteiger partial charge in [-0.25, -0.2) is 0 Å². The van der Waals surface area contributed by atoms with Gasteiger partial charge in [0.05, 0.1) is 0 Å². The van der Waals surface area contributed by atoms with Crippen LogP contribution >= 0.6 is 0 Å². The minimum atomic E-state index is 0. The van der Waals surface area contributed by atoms with Crippen molar-refractivity contribution in [1.82, 2.24) is 0 Å². The molecule has 0 saturated carbocycles.